The van der Waals surface area contributed by atoms with Gasteiger partial charge in [0.1, 0.15) is 0 Å². The molecule has 21 heavy (non-hydrogen) atoms. The average Bonchev–Trinajstić information content (AvgIpc) is 3.23. The number of hydrogen-bond acceptors (Lipinski definition) is 4. The average molecular weight is 293 g/mol. The van der Waals surface area contributed by atoms with Crippen LogP contribution in [0, 0.1) is 0 Å². The minimum absolute atomic E-state index is 0.0761. The number of hydrogen-bond donors (Lipinski definition) is 1. The lowest BCUT2D eigenvalue weighted by molar-refractivity contribution is -0.115. The van der Waals surface area contributed by atoms with Gasteiger partial charge in [0, 0.05) is 6.21 Å². The van der Waals surface area contributed by atoms with Gasteiger partial charge < -0.3 is 5.32 Å². The Bertz CT molecular complexity index is 832. The van der Waals surface area contributed by atoms with Crippen molar-refractivity contribution in [3.8, 4) is 0 Å². The Morgan fingerprint density at radius 3 is 2.81 bits per heavy atom. The van der Waals surface area contributed by atoms with Crippen LogP contribution in [-0.2, 0) is 4.79 Å². The molecule has 2 aromatic rings. The minimum Gasteiger partial charge on any atom is -0.300 e. The van der Waals surface area contributed by atoms with Crippen molar-refractivity contribution >= 4 is 45.9 Å². The fraction of sp³-hybridized carbons (Fsp3) is 0.0625. The summed E-state index contributed by atoms with van der Waals surface area (Å²) < 4.78 is 0. The molecule has 0 spiro atoms. The van der Waals surface area contributed by atoms with Gasteiger partial charge in [-0.3, -0.25) is 9.79 Å². The normalized spacial score (nSPS) is 24.0. The second kappa shape index (κ2) is 4.86. The molecule has 1 amide bonds. The summed E-state index contributed by atoms with van der Waals surface area (Å²) in [5.74, 6) is -0.104. The summed E-state index contributed by atoms with van der Waals surface area (Å²) in [4.78, 5) is 20.8. The highest BCUT2D eigenvalue weighted by molar-refractivity contribution is 8.18. The highest BCUT2D eigenvalue weighted by Gasteiger charge is 2.25. The van der Waals surface area contributed by atoms with Crippen LogP contribution in [0.3, 0.4) is 0 Å². The molecule has 2 aliphatic heterocycles. The highest BCUT2D eigenvalue weighted by Crippen LogP contribution is 2.27. The van der Waals surface area contributed by atoms with Crippen LogP contribution in [-0.4, -0.2) is 23.5 Å². The van der Waals surface area contributed by atoms with Gasteiger partial charge in [-0.1, -0.05) is 36.4 Å². The first-order chi connectivity index (χ1) is 10.3. The Morgan fingerprint density at radius 2 is 2.00 bits per heavy atom. The van der Waals surface area contributed by atoms with Crippen molar-refractivity contribution in [2.45, 2.75) is 6.17 Å². The van der Waals surface area contributed by atoms with E-state index in [0.29, 0.717) is 10.1 Å². The van der Waals surface area contributed by atoms with Crippen molar-refractivity contribution in [2.24, 2.45) is 9.98 Å². The Kier molecular flexibility index (Phi) is 2.86. The molecule has 2 heterocycles. The lowest BCUT2D eigenvalue weighted by Gasteiger charge is -1.99. The third-order valence-electron chi connectivity index (χ3n) is 3.25. The van der Waals surface area contributed by atoms with E-state index in [0.717, 1.165) is 10.9 Å². The van der Waals surface area contributed by atoms with Crippen molar-refractivity contribution in [1.82, 2.24) is 5.32 Å². The molecule has 1 fully saturated rings. The standard InChI is InChI=1S/C16H11N3OS/c20-15-13(21-16(19-15)18-14-9-17-14)8-10-5-6-11-3-1-2-4-12(11)7-10/h1-9,14H,(H,18,19,20)/b13-8-. The van der Waals surface area contributed by atoms with Crippen LogP contribution < -0.4 is 5.32 Å². The molecule has 2 aromatic carbocycles. The van der Waals surface area contributed by atoms with Crippen LogP contribution in [0.15, 0.2) is 57.4 Å². The minimum atomic E-state index is -0.104. The number of nitrogens with one attached hydrogen (secondary N) is 1. The SMILES string of the molecule is O=C1NC(=NC2C=N2)S/C1=C\c1ccc2ccccc2c1. The van der Waals surface area contributed by atoms with Crippen molar-refractivity contribution in [3.05, 3.63) is 52.9 Å². The smallest absolute Gasteiger partial charge is 0.264 e. The van der Waals surface area contributed by atoms with E-state index in [1.165, 1.54) is 17.1 Å². The second-order valence-corrected chi connectivity index (χ2v) is 5.85. The summed E-state index contributed by atoms with van der Waals surface area (Å²) in [7, 11) is 0. The van der Waals surface area contributed by atoms with Gasteiger partial charge in [0.2, 0.25) is 0 Å². The third kappa shape index (κ3) is 2.60. The largest absolute Gasteiger partial charge is 0.300 e. The summed E-state index contributed by atoms with van der Waals surface area (Å²) in [6.45, 7) is 0. The zero-order chi connectivity index (χ0) is 14.2. The number of amides is 1. The zero-order valence-electron chi connectivity index (χ0n) is 11.0. The van der Waals surface area contributed by atoms with Gasteiger partial charge >= 0.3 is 0 Å². The molecule has 0 saturated carbocycles. The molecule has 1 atom stereocenters. The van der Waals surface area contributed by atoms with E-state index in [1.807, 2.05) is 24.3 Å². The number of thioether (sulfide) groups is 1. The van der Waals surface area contributed by atoms with Crippen LogP contribution >= 0.6 is 11.8 Å². The number of amidine groups is 1. The van der Waals surface area contributed by atoms with Gasteiger partial charge in [-0.25, -0.2) is 4.99 Å². The molecule has 0 bridgehead atoms. The molecule has 4 nitrogen and oxygen atoms in total. The van der Waals surface area contributed by atoms with Crippen molar-refractivity contribution < 1.29 is 4.79 Å². The van der Waals surface area contributed by atoms with E-state index in [4.69, 9.17) is 0 Å². The number of benzene rings is 2. The summed E-state index contributed by atoms with van der Waals surface area (Å²) in [5.41, 5.74) is 1.01. The van der Waals surface area contributed by atoms with Gasteiger partial charge in [0.15, 0.2) is 11.3 Å². The van der Waals surface area contributed by atoms with Gasteiger partial charge in [-0.05, 0) is 40.2 Å². The maximum Gasteiger partial charge on any atom is 0.264 e. The number of rotatable bonds is 2. The lowest BCUT2D eigenvalue weighted by Crippen LogP contribution is -2.20. The van der Waals surface area contributed by atoms with Crippen LogP contribution in [0.1, 0.15) is 5.56 Å². The summed E-state index contributed by atoms with van der Waals surface area (Å²) in [6.07, 6.45) is 3.56. The first-order valence-corrected chi connectivity index (χ1v) is 7.40. The first kappa shape index (κ1) is 12.3. The molecule has 5 heteroatoms. The Labute approximate surface area is 125 Å². The van der Waals surface area contributed by atoms with E-state index >= 15 is 0 Å². The summed E-state index contributed by atoms with van der Waals surface area (Å²) in [6, 6.07) is 14.3. The first-order valence-electron chi connectivity index (χ1n) is 6.59. The molecule has 1 saturated heterocycles. The highest BCUT2D eigenvalue weighted by atomic mass is 32.2. The van der Waals surface area contributed by atoms with Gasteiger partial charge in [0.05, 0.1) is 4.91 Å². The molecule has 1 unspecified atom stereocenters. The maximum atomic E-state index is 11.9. The molecule has 102 valence electrons. The van der Waals surface area contributed by atoms with Gasteiger partial charge in [-0.2, -0.15) is 0 Å². The van der Waals surface area contributed by atoms with Crippen LogP contribution in [0.2, 0.25) is 0 Å². The van der Waals surface area contributed by atoms with Gasteiger partial charge in [-0.15, -0.1) is 0 Å². The Morgan fingerprint density at radius 1 is 1.19 bits per heavy atom. The number of aliphatic imine (C=N–C) groups is 2. The molecule has 0 aromatic heterocycles. The number of carbonyl (C=O) groups is 1. The molecular weight excluding hydrogens is 282 g/mol. The predicted octanol–water partition coefficient (Wildman–Crippen LogP) is 2.81. The molecule has 4 rings (SSSR count). The molecular formula is C16H11N3OS. The summed E-state index contributed by atoms with van der Waals surface area (Å²) >= 11 is 1.36. The molecule has 0 aliphatic carbocycles. The van der Waals surface area contributed by atoms with Crippen molar-refractivity contribution in [2.75, 3.05) is 0 Å². The van der Waals surface area contributed by atoms with E-state index in [-0.39, 0.29) is 12.1 Å². The number of fused-ring (bicyclic) bond motifs is 1. The number of carbonyl (C=O) groups excluding carboxylic acids is 1. The quantitative estimate of drug-likeness (QED) is 0.866. The second-order valence-electron chi connectivity index (χ2n) is 4.82. The summed E-state index contributed by atoms with van der Waals surface area (Å²) in [5, 5.41) is 5.73. The zero-order valence-corrected chi connectivity index (χ0v) is 11.8. The molecule has 0 radical (unpaired) electrons. The lowest BCUT2D eigenvalue weighted by atomic mass is 10.1. The topological polar surface area (TPSA) is 53.8 Å². The number of nitrogens with zero attached hydrogens (tertiary/aromatic N) is 2. The molecule has 1 N–H and O–H groups in total. The van der Waals surface area contributed by atoms with Crippen LogP contribution in [0.4, 0.5) is 0 Å². The van der Waals surface area contributed by atoms with Gasteiger partial charge in [0.25, 0.3) is 5.91 Å². The maximum absolute atomic E-state index is 11.9. The molecule has 2 aliphatic rings. The van der Waals surface area contributed by atoms with E-state index in [2.05, 4.69) is 39.6 Å². The fourth-order valence-corrected chi connectivity index (χ4v) is 3.01. The third-order valence-corrected chi connectivity index (χ3v) is 4.18. The Balaban J connectivity index is 1.64. The van der Waals surface area contributed by atoms with Crippen LogP contribution in [0.5, 0.6) is 0 Å². The fourth-order valence-electron chi connectivity index (χ4n) is 2.16. The predicted molar refractivity (Wildman–Crippen MR) is 87.4 cm³/mol. The van der Waals surface area contributed by atoms with Crippen LogP contribution in [0.25, 0.3) is 16.8 Å². The Hall–Kier alpha value is -2.40. The van der Waals surface area contributed by atoms with E-state index in [9.17, 15) is 4.79 Å². The monoisotopic (exact) mass is 293 g/mol. The van der Waals surface area contributed by atoms with E-state index in [1.54, 1.807) is 6.21 Å². The van der Waals surface area contributed by atoms with Crippen molar-refractivity contribution in [3.63, 3.8) is 0 Å². The van der Waals surface area contributed by atoms with E-state index < -0.39 is 0 Å². The van der Waals surface area contributed by atoms with Crippen molar-refractivity contribution in [1.29, 1.82) is 0 Å².